The van der Waals surface area contributed by atoms with Gasteiger partial charge in [-0.2, -0.15) is 0 Å². The zero-order valence-corrected chi connectivity index (χ0v) is 21.7. The molecule has 8 nitrogen and oxygen atoms in total. The zero-order valence-electron chi connectivity index (χ0n) is 20.9. The lowest BCUT2D eigenvalue weighted by atomic mass is 10.0. The Kier molecular flexibility index (Phi) is 6.87. The van der Waals surface area contributed by atoms with E-state index in [1.54, 1.807) is 12.4 Å². The number of allylic oxidation sites excluding steroid dienone is 1. The molecule has 2 aromatic heterocycles. The molecule has 10 heteroatoms. The van der Waals surface area contributed by atoms with Crippen molar-refractivity contribution in [1.29, 1.82) is 0 Å². The van der Waals surface area contributed by atoms with Gasteiger partial charge in [-0.1, -0.05) is 25.5 Å². The zero-order chi connectivity index (χ0) is 25.3. The average Bonchev–Trinajstić information content (AvgIpc) is 3.23. The number of ether oxygens (including phenoxy) is 1. The molecule has 0 saturated heterocycles. The monoisotopic (exact) mass is 509 g/mol. The first-order valence-corrected chi connectivity index (χ1v) is 13.2. The largest absolute Gasteiger partial charge is 0.460 e. The van der Waals surface area contributed by atoms with Crippen LogP contribution in [0, 0.1) is 11.7 Å². The summed E-state index contributed by atoms with van der Waals surface area (Å²) < 4.78 is 26.1. The quantitative estimate of drug-likeness (QED) is 0.325. The second-order valence-corrected chi connectivity index (χ2v) is 11.1. The van der Waals surface area contributed by atoms with E-state index in [4.69, 9.17) is 4.74 Å². The van der Waals surface area contributed by atoms with Gasteiger partial charge in [0.15, 0.2) is 0 Å². The molecule has 2 aliphatic carbocycles. The minimum Gasteiger partial charge on any atom is -0.460 e. The number of halogens is 1. The fourth-order valence-electron chi connectivity index (χ4n) is 4.23. The van der Waals surface area contributed by atoms with E-state index in [9.17, 15) is 4.39 Å². The van der Waals surface area contributed by atoms with Crippen molar-refractivity contribution in [3.63, 3.8) is 0 Å². The van der Waals surface area contributed by atoms with Crippen molar-refractivity contribution in [3.05, 3.63) is 60.6 Å². The molecule has 2 unspecified atom stereocenters. The predicted octanol–water partition coefficient (Wildman–Crippen LogP) is 5.94. The summed E-state index contributed by atoms with van der Waals surface area (Å²) in [5.41, 5.74) is 2.39. The van der Waals surface area contributed by atoms with Crippen molar-refractivity contribution in [1.82, 2.24) is 29.5 Å². The van der Waals surface area contributed by atoms with E-state index in [1.807, 2.05) is 18.5 Å². The van der Waals surface area contributed by atoms with Crippen molar-refractivity contribution in [2.75, 3.05) is 5.32 Å². The standard InChI is InChI=1S/C26H32FN7OS/c1-16(2)17(3)33-36-21-7-8-23(22(27)12-21)31-24-28-13-19(14-29-24)18-5-6-20(11-18)35-25-32-30-15-34(25)26(4)9-10-26/h7-8,12-16,18,20,33H,3,5-6,9-11H2,1-2,4H3,(H,28,29,31). The van der Waals surface area contributed by atoms with Gasteiger partial charge < -0.3 is 14.8 Å². The number of benzene rings is 1. The Hall–Kier alpha value is -3.14. The smallest absolute Gasteiger partial charge is 0.317 e. The Bertz CT molecular complexity index is 1230. The van der Waals surface area contributed by atoms with Crippen LogP contribution in [-0.4, -0.2) is 30.8 Å². The molecule has 2 heterocycles. The Labute approximate surface area is 215 Å². The predicted molar refractivity (Wildman–Crippen MR) is 139 cm³/mol. The van der Waals surface area contributed by atoms with Crippen molar-refractivity contribution >= 4 is 23.6 Å². The van der Waals surface area contributed by atoms with Gasteiger partial charge in [-0.05, 0) is 86.6 Å². The first-order valence-electron chi connectivity index (χ1n) is 12.4. The van der Waals surface area contributed by atoms with Crippen LogP contribution in [0.4, 0.5) is 16.0 Å². The van der Waals surface area contributed by atoms with Gasteiger partial charge in [0.25, 0.3) is 0 Å². The molecule has 5 rings (SSSR count). The SMILES string of the molecule is C=C(NSc1ccc(Nc2ncc(C3CCC(Oc4nncn4C4(C)CC4)C3)cn2)c(F)c1)C(C)C. The van der Waals surface area contributed by atoms with Crippen LogP contribution in [0.5, 0.6) is 6.01 Å². The molecule has 2 aliphatic rings. The van der Waals surface area contributed by atoms with Crippen LogP contribution in [0.15, 0.2) is 54.1 Å². The van der Waals surface area contributed by atoms with Gasteiger partial charge in [0, 0.05) is 28.5 Å². The molecular formula is C26H32FN7OS. The summed E-state index contributed by atoms with van der Waals surface area (Å²) in [5.74, 6) is 0.621. The average molecular weight is 510 g/mol. The molecule has 1 aromatic carbocycles. The number of aromatic nitrogens is 5. The molecule has 2 fully saturated rings. The minimum atomic E-state index is -0.367. The highest BCUT2D eigenvalue weighted by molar-refractivity contribution is 7.97. The topological polar surface area (TPSA) is 89.8 Å². The summed E-state index contributed by atoms with van der Waals surface area (Å²) in [6.07, 6.45) is 10.6. The fraction of sp³-hybridized carbons (Fsp3) is 0.462. The summed E-state index contributed by atoms with van der Waals surface area (Å²) in [6, 6.07) is 5.62. The third-order valence-electron chi connectivity index (χ3n) is 7.06. The molecule has 0 bridgehead atoms. The lowest BCUT2D eigenvalue weighted by molar-refractivity contribution is 0.175. The second-order valence-electron chi connectivity index (χ2n) is 10.2. The van der Waals surface area contributed by atoms with Gasteiger partial charge in [-0.25, -0.2) is 14.4 Å². The van der Waals surface area contributed by atoms with Crippen molar-refractivity contribution < 1.29 is 9.13 Å². The summed E-state index contributed by atoms with van der Waals surface area (Å²) >= 11 is 1.34. The Morgan fingerprint density at radius 2 is 2.03 bits per heavy atom. The van der Waals surface area contributed by atoms with Gasteiger partial charge in [-0.3, -0.25) is 4.57 Å². The van der Waals surface area contributed by atoms with E-state index in [0.717, 1.165) is 48.3 Å². The van der Waals surface area contributed by atoms with Gasteiger partial charge in [0.2, 0.25) is 5.95 Å². The van der Waals surface area contributed by atoms with Gasteiger partial charge in [-0.15, -0.1) is 5.10 Å². The van der Waals surface area contributed by atoms with Crippen LogP contribution in [0.2, 0.25) is 0 Å². The third-order valence-corrected chi connectivity index (χ3v) is 7.91. The van der Waals surface area contributed by atoms with Gasteiger partial charge in [0.1, 0.15) is 18.2 Å². The van der Waals surface area contributed by atoms with Crippen LogP contribution in [0.1, 0.15) is 64.4 Å². The number of nitrogens with one attached hydrogen (secondary N) is 2. The number of hydrogen-bond donors (Lipinski definition) is 2. The Balaban J connectivity index is 1.15. The summed E-state index contributed by atoms with van der Waals surface area (Å²) in [5, 5.41) is 11.2. The lowest BCUT2D eigenvalue weighted by Gasteiger charge is -2.17. The Morgan fingerprint density at radius 1 is 1.25 bits per heavy atom. The first-order chi connectivity index (χ1) is 17.3. The lowest BCUT2D eigenvalue weighted by Crippen LogP contribution is -2.19. The number of hydrogen-bond acceptors (Lipinski definition) is 8. The highest BCUT2D eigenvalue weighted by Crippen LogP contribution is 2.45. The van der Waals surface area contributed by atoms with Crippen LogP contribution in [0.3, 0.4) is 0 Å². The van der Waals surface area contributed by atoms with E-state index in [-0.39, 0.29) is 17.5 Å². The van der Waals surface area contributed by atoms with Crippen LogP contribution in [-0.2, 0) is 5.54 Å². The van der Waals surface area contributed by atoms with Gasteiger partial charge >= 0.3 is 6.01 Å². The maximum atomic E-state index is 14.6. The van der Waals surface area contributed by atoms with Crippen LogP contribution in [0.25, 0.3) is 0 Å². The molecular weight excluding hydrogens is 477 g/mol. The van der Waals surface area contributed by atoms with E-state index in [0.29, 0.717) is 29.5 Å². The Morgan fingerprint density at radius 3 is 2.72 bits per heavy atom. The number of anilines is 2. The highest BCUT2D eigenvalue weighted by Gasteiger charge is 2.42. The van der Waals surface area contributed by atoms with E-state index >= 15 is 0 Å². The molecule has 2 N–H and O–H groups in total. The molecule has 36 heavy (non-hydrogen) atoms. The van der Waals surface area contributed by atoms with E-state index < -0.39 is 0 Å². The molecule has 190 valence electrons. The maximum absolute atomic E-state index is 14.6. The molecule has 2 atom stereocenters. The first kappa shape index (κ1) is 24.5. The molecule has 0 aliphatic heterocycles. The van der Waals surface area contributed by atoms with Crippen molar-refractivity contribution in [2.45, 2.75) is 75.3 Å². The molecule has 0 spiro atoms. The fourth-order valence-corrected chi connectivity index (χ4v) is 5.02. The highest BCUT2D eigenvalue weighted by atomic mass is 32.2. The maximum Gasteiger partial charge on any atom is 0.317 e. The molecule has 3 aromatic rings. The third kappa shape index (κ3) is 5.48. The summed E-state index contributed by atoms with van der Waals surface area (Å²) in [4.78, 5) is 9.62. The van der Waals surface area contributed by atoms with E-state index in [1.165, 1.54) is 18.0 Å². The van der Waals surface area contributed by atoms with Crippen LogP contribution >= 0.6 is 11.9 Å². The normalized spacial score (nSPS) is 20.4. The number of rotatable bonds is 10. The molecule has 2 saturated carbocycles. The molecule has 0 amide bonds. The second kappa shape index (κ2) is 10.1. The van der Waals surface area contributed by atoms with Crippen LogP contribution < -0.4 is 14.8 Å². The van der Waals surface area contributed by atoms with Crippen molar-refractivity contribution in [2.24, 2.45) is 5.92 Å². The van der Waals surface area contributed by atoms with Crippen molar-refractivity contribution in [3.8, 4) is 6.01 Å². The van der Waals surface area contributed by atoms with Gasteiger partial charge in [0.05, 0.1) is 5.69 Å². The number of nitrogens with zero attached hydrogens (tertiary/aromatic N) is 5. The molecule has 0 radical (unpaired) electrons. The summed E-state index contributed by atoms with van der Waals surface area (Å²) in [7, 11) is 0. The van der Waals surface area contributed by atoms with E-state index in [2.05, 4.69) is 62.1 Å². The minimum absolute atomic E-state index is 0.0933. The summed E-state index contributed by atoms with van der Waals surface area (Å²) in [6.45, 7) is 10.3.